The van der Waals surface area contributed by atoms with Gasteiger partial charge in [-0.1, -0.05) is 32.8 Å². The Kier molecular flexibility index (Phi) is 5.14. The fraction of sp³-hybridized carbons (Fsp3) is 0.632. The molecule has 3 heteroatoms. The molecule has 3 rings (SSSR count). The van der Waals surface area contributed by atoms with Gasteiger partial charge in [0, 0.05) is 19.0 Å². The van der Waals surface area contributed by atoms with E-state index in [4.69, 9.17) is 4.98 Å². The van der Waals surface area contributed by atoms with Crippen LogP contribution >= 0.6 is 0 Å². The highest BCUT2D eigenvalue weighted by atomic mass is 15.1. The zero-order chi connectivity index (χ0) is 15.4. The van der Waals surface area contributed by atoms with Crippen molar-refractivity contribution in [1.29, 1.82) is 0 Å². The molecule has 2 heterocycles. The lowest BCUT2D eigenvalue weighted by molar-refractivity contribution is 0.431. The summed E-state index contributed by atoms with van der Waals surface area (Å²) in [7, 11) is 0. The summed E-state index contributed by atoms with van der Waals surface area (Å²) >= 11 is 0. The largest absolute Gasteiger partial charge is 0.328 e. The van der Waals surface area contributed by atoms with Gasteiger partial charge in [-0.05, 0) is 49.9 Å². The normalized spacial score (nSPS) is 18.9. The summed E-state index contributed by atoms with van der Waals surface area (Å²) in [4.78, 5) is 5.05. The van der Waals surface area contributed by atoms with Crippen LogP contribution in [0.3, 0.4) is 0 Å². The van der Waals surface area contributed by atoms with E-state index in [0.717, 1.165) is 26.1 Å². The van der Waals surface area contributed by atoms with Crippen molar-refractivity contribution in [2.24, 2.45) is 0 Å². The van der Waals surface area contributed by atoms with E-state index in [2.05, 4.69) is 41.9 Å². The number of nitrogens with zero attached hydrogens (tertiary/aromatic N) is 2. The maximum atomic E-state index is 5.05. The summed E-state index contributed by atoms with van der Waals surface area (Å²) in [6.45, 7) is 7.84. The first-order chi connectivity index (χ1) is 10.8. The zero-order valence-electron chi connectivity index (χ0n) is 14.1. The molecular weight excluding hydrogens is 270 g/mol. The van der Waals surface area contributed by atoms with Crippen LogP contribution in [0.15, 0.2) is 18.2 Å². The number of nitrogens with one attached hydrogen (secondary N) is 1. The average Bonchev–Trinajstić information content (AvgIpc) is 2.94. The molecule has 0 aliphatic carbocycles. The van der Waals surface area contributed by atoms with Gasteiger partial charge < -0.3 is 9.88 Å². The van der Waals surface area contributed by atoms with Crippen LogP contribution in [0.25, 0.3) is 11.0 Å². The molecule has 2 aromatic rings. The second kappa shape index (κ2) is 7.28. The van der Waals surface area contributed by atoms with Crippen LogP contribution in [0.5, 0.6) is 0 Å². The number of piperidine rings is 1. The molecule has 0 amide bonds. The van der Waals surface area contributed by atoms with E-state index < -0.39 is 0 Å². The number of benzene rings is 1. The third-order valence-electron chi connectivity index (χ3n) is 4.90. The number of rotatable bonds is 6. The summed E-state index contributed by atoms with van der Waals surface area (Å²) in [5.74, 6) is 1.89. The Morgan fingerprint density at radius 1 is 1.27 bits per heavy atom. The first-order valence-electron chi connectivity index (χ1n) is 9.03. The maximum Gasteiger partial charge on any atom is 0.114 e. The number of aromatic nitrogens is 2. The molecule has 1 fully saturated rings. The Bertz CT molecular complexity index is 608. The molecule has 0 saturated carbocycles. The highest BCUT2D eigenvalue weighted by Crippen LogP contribution is 2.28. The molecule has 1 saturated heterocycles. The molecule has 1 unspecified atom stereocenters. The van der Waals surface area contributed by atoms with E-state index >= 15 is 0 Å². The van der Waals surface area contributed by atoms with Crippen molar-refractivity contribution in [2.75, 3.05) is 13.1 Å². The van der Waals surface area contributed by atoms with Crippen LogP contribution in [0, 0.1) is 0 Å². The van der Waals surface area contributed by atoms with Crippen molar-refractivity contribution in [3.63, 3.8) is 0 Å². The topological polar surface area (TPSA) is 29.9 Å². The quantitative estimate of drug-likeness (QED) is 0.808. The van der Waals surface area contributed by atoms with E-state index in [9.17, 15) is 0 Å². The fourth-order valence-corrected chi connectivity index (χ4v) is 3.55. The number of unbranched alkanes of at least 4 members (excludes halogenated alkanes) is 2. The smallest absolute Gasteiger partial charge is 0.114 e. The summed E-state index contributed by atoms with van der Waals surface area (Å²) < 4.78 is 2.50. The second-order valence-electron chi connectivity index (χ2n) is 6.55. The molecule has 1 aliphatic heterocycles. The van der Waals surface area contributed by atoms with E-state index in [1.54, 1.807) is 0 Å². The van der Waals surface area contributed by atoms with Crippen LogP contribution in [0.4, 0.5) is 0 Å². The second-order valence-corrected chi connectivity index (χ2v) is 6.55. The first-order valence-corrected chi connectivity index (χ1v) is 9.03. The highest BCUT2D eigenvalue weighted by Gasteiger charge is 2.22. The molecule has 0 radical (unpaired) electrons. The fourth-order valence-electron chi connectivity index (χ4n) is 3.55. The Hall–Kier alpha value is -1.35. The van der Waals surface area contributed by atoms with Gasteiger partial charge in [-0.3, -0.25) is 0 Å². The average molecular weight is 299 g/mol. The van der Waals surface area contributed by atoms with Gasteiger partial charge in [0.05, 0.1) is 11.0 Å². The highest BCUT2D eigenvalue weighted by molar-refractivity contribution is 5.77. The van der Waals surface area contributed by atoms with Crippen molar-refractivity contribution in [1.82, 2.24) is 14.9 Å². The molecule has 1 aromatic heterocycles. The van der Waals surface area contributed by atoms with Crippen LogP contribution in [0.1, 0.15) is 63.3 Å². The standard InChI is InChI=1S/C19H29N3/c1-3-5-6-12-22-18-10-9-15(4-2)13-17(18)21-19(22)16-8-7-11-20-14-16/h9-10,13,16,20H,3-8,11-12,14H2,1-2H3. The van der Waals surface area contributed by atoms with Crippen molar-refractivity contribution in [2.45, 2.75) is 64.8 Å². The third-order valence-corrected chi connectivity index (χ3v) is 4.90. The SMILES string of the molecule is CCCCCn1c(C2CCCNC2)nc2cc(CC)ccc21. The molecule has 1 N–H and O–H groups in total. The number of imidazole rings is 1. The Morgan fingerprint density at radius 3 is 2.91 bits per heavy atom. The first kappa shape index (κ1) is 15.5. The number of hydrogen-bond donors (Lipinski definition) is 1. The predicted octanol–water partition coefficient (Wildman–Crippen LogP) is 4.26. The van der Waals surface area contributed by atoms with Gasteiger partial charge in [-0.15, -0.1) is 0 Å². The molecule has 0 bridgehead atoms. The minimum Gasteiger partial charge on any atom is -0.328 e. The predicted molar refractivity (Wildman–Crippen MR) is 93.5 cm³/mol. The van der Waals surface area contributed by atoms with Crippen molar-refractivity contribution in [3.8, 4) is 0 Å². The van der Waals surface area contributed by atoms with Gasteiger partial charge in [0.2, 0.25) is 0 Å². The van der Waals surface area contributed by atoms with Crippen LogP contribution < -0.4 is 5.32 Å². The number of aryl methyl sites for hydroxylation is 2. The van der Waals surface area contributed by atoms with E-state index in [1.165, 1.54) is 54.5 Å². The van der Waals surface area contributed by atoms with Crippen LogP contribution in [-0.2, 0) is 13.0 Å². The summed E-state index contributed by atoms with van der Waals surface area (Å²) in [5.41, 5.74) is 3.91. The van der Waals surface area contributed by atoms with Crippen LogP contribution in [-0.4, -0.2) is 22.6 Å². The van der Waals surface area contributed by atoms with E-state index in [-0.39, 0.29) is 0 Å². The molecule has 22 heavy (non-hydrogen) atoms. The molecule has 0 spiro atoms. The Labute approximate surface area is 134 Å². The molecule has 1 aromatic carbocycles. The maximum absolute atomic E-state index is 5.05. The van der Waals surface area contributed by atoms with Gasteiger partial charge in [-0.2, -0.15) is 0 Å². The Balaban J connectivity index is 1.97. The Morgan fingerprint density at radius 2 is 2.18 bits per heavy atom. The zero-order valence-corrected chi connectivity index (χ0v) is 14.1. The lowest BCUT2D eigenvalue weighted by Gasteiger charge is -2.23. The molecular formula is C19H29N3. The van der Waals surface area contributed by atoms with E-state index in [1.807, 2.05) is 0 Å². The number of hydrogen-bond acceptors (Lipinski definition) is 2. The third kappa shape index (κ3) is 3.19. The molecule has 1 aliphatic rings. The minimum absolute atomic E-state index is 0.577. The summed E-state index contributed by atoms with van der Waals surface area (Å²) in [6, 6.07) is 6.83. The number of fused-ring (bicyclic) bond motifs is 1. The molecule has 1 atom stereocenters. The lowest BCUT2D eigenvalue weighted by Crippen LogP contribution is -2.30. The molecule has 120 valence electrons. The van der Waals surface area contributed by atoms with Crippen molar-refractivity contribution < 1.29 is 0 Å². The van der Waals surface area contributed by atoms with Gasteiger partial charge in [0.15, 0.2) is 0 Å². The molecule has 3 nitrogen and oxygen atoms in total. The van der Waals surface area contributed by atoms with Crippen LogP contribution in [0.2, 0.25) is 0 Å². The van der Waals surface area contributed by atoms with Gasteiger partial charge in [-0.25, -0.2) is 4.98 Å². The van der Waals surface area contributed by atoms with Crippen molar-refractivity contribution >= 4 is 11.0 Å². The minimum atomic E-state index is 0.577. The lowest BCUT2D eigenvalue weighted by atomic mass is 9.99. The van der Waals surface area contributed by atoms with Gasteiger partial charge >= 0.3 is 0 Å². The van der Waals surface area contributed by atoms with Gasteiger partial charge in [0.25, 0.3) is 0 Å². The summed E-state index contributed by atoms with van der Waals surface area (Å²) in [5, 5.41) is 3.54. The summed E-state index contributed by atoms with van der Waals surface area (Å²) in [6.07, 6.45) is 7.44. The monoisotopic (exact) mass is 299 g/mol. The van der Waals surface area contributed by atoms with Gasteiger partial charge in [0.1, 0.15) is 5.82 Å². The van der Waals surface area contributed by atoms with Crippen molar-refractivity contribution in [3.05, 3.63) is 29.6 Å². The van der Waals surface area contributed by atoms with E-state index in [0.29, 0.717) is 5.92 Å².